The van der Waals surface area contributed by atoms with Crippen molar-refractivity contribution in [3.8, 4) is 0 Å². The lowest BCUT2D eigenvalue weighted by molar-refractivity contribution is 0.120. The summed E-state index contributed by atoms with van der Waals surface area (Å²) in [7, 11) is 0. The molecule has 8 heteroatoms. The van der Waals surface area contributed by atoms with Gasteiger partial charge in [0.05, 0.1) is 12.3 Å². The highest BCUT2D eigenvalue weighted by Gasteiger charge is 2.20. The zero-order valence-electron chi connectivity index (χ0n) is 14.6. The molecule has 2 aromatic rings. The Kier molecular flexibility index (Phi) is 5.10. The molecule has 4 rings (SSSR count). The molecule has 1 aromatic heterocycles. The molecule has 26 heavy (non-hydrogen) atoms. The average Bonchev–Trinajstić information content (AvgIpc) is 3.21. The standard InChI is InChI=1S/C18H23FN6O/c19-14-3-5-15(6-4-14)24-7-9-25(10-8-24)17-13-21-23-18(22-17)20-12-16-2-1-11-26-16/h3-6,13,16H,1-2,7-12H2,(H,20,22,23). The second kappa shape index (κ2) is 7.82. The van der Waals surface area contributed by atoms with Crippen LogP contribution in [0.3, 0.4) is 0 Å². The first-order valence-electron chi connectivity index (χ1n) is 9.08. The number of ether oxygens (including phenoxy) is 1. The van der Waals surface area contributed by atoms with Crippen LogP contribution in [0.5, 0.6) is 0 Å². The van der Waals surface area contributed by atoms with Crippen LogP contribution in [0.2, 0.25) is 0 Å². The quantitative estimate of drug-likeness (QED) is 0.876. The monoisotopic (exact) mass is 358 g/mol. The fraction of sp³-hybridized carbons (Fsp3) is 0.500. The summed E-state index contributed by atoms with van der Waals surface area (Å²) in [4.78, 5) is 9.04. The maximum Gasteiger partial charge on any atom is 0.244 e. The van der Waals surface area contributed by atoms with E-state index in [0.717, 1.165) is 57.1 Å². The van der Waals surface area contributed by atoms with Crippen LogP contribution in [0.1, 0.15) is 12.8 Å². The molecule has 0 bridgehead atoms. The first-order chi connectivity index (χ1) is 12.8. The van der Waals surface area contributed by atoms with Gasteiger partial charge in [-0.1, -0.05) is 0 Å². The van der Waals surface area contributed by atoms with Crippen molar-refractivity contribution in [3.63, 3.8) is 0 Å². The SMILES string of the molecule is Fc1ccc(N2CCN(c3cnnc(NCC4CCCO4)n3)CC2)cc1. The van der Waals surface area contributed by atoms with E-state index in [-0.39, 0.29) is 11.9 Å². The lowest BCUT2D eigenvalue weighted by atomic mass is 10.2. The van der Waals surface area contributed by atoms with Crippen LogP contribution in [-0.2, 0) is 4.74 Å². The van der Waals surface area contributed by atoms with E-state index in [0.29, 0.717) is 12.5 Å². The van der Waals surface area contributed by atoms with Gasteiger partial charge in [-0.3, -0.25) is 0 Å². The number of benzene rings is 1. The van der Waals surface area contributed by atoms with Gasteiger partial charge in [0.25, 0.3) is 0 Å². The van der Waals surface area contributed by atoms with Gasteiger partial charge in [0.1, 0.15) is 5.82 Å². The van der Waals surface area contributed by atoms with Gasteiger partial charge in [-0.05, 0) is 37.1 Å². The Balaban J connectivity index is 1.33. The molecule has 2 saturated heterocycles. The third-order valence-corrected chi connectivity index (χ3v) is 4.85. The number of rotatable bonds is 5. The summed E-state index contributed by atoms with van der Waals surface area (Å²) in [5.41, 5.74) is 1.05. The number of nitrogens with zero attached hydrogens (tertiary/aromatic N) is 5. The lowest BCUT2D eigenvalue weighted by Gasteiger charge is -2.36. The first-order valence-corrected chi connectivity index (χ1v) is 9.08. The number of hydrogen-bond acceptors (Lipinski definition) is 7. The van der Waals surface area contributed by atoms with Gasteiger partial charge in [0.2, 0.25) is 5.95 Å². The van der Waals surface area contributed by atoms with Crippen LogP contribution < -0.4 is 15.1 Å². The van der Waals surface area contributed by atoms with Crippen LogP contribution in [0.15, 0.2) is 30.5 Å². The first kappa shape index (κ1) is 17.0. The molecule has 0 aliphatic carbocycles. The van der Waals surface area contributed by atoms with E-state index in [4.69, 9.17) is 4.74 Å². The highest BCUT2D eigenvalue weighted by Crippen LogP contribution is 2.20. The molecule has 138 valence electrons. The summed E-state index contributed by atoms with van der Waals surface area (Å²) in [5.74, 6) is 1.16. The number of halogens is 1. The van der Waals surface area contributed by atoms with Crippen LogP contribution in [-0.4, -0.2) is 60.6 Å². The van der Waals surface area contributed by atoms with E-state index in [1.165, 1.54) is 12.1 Å². The van der Waals surface area contributed by atoms with Crippen molar-refractivity contribution in [2.75, 3.05) is 54.4 Å². The largest absolute Gasteiger partial charge is 0.376 e. The minimum absolute atomic E-state index is 0.206. The molecule has 1 atom stereocenters. The Morgan fingerprint density at radius 2 is 1.88 bits per heavy atom. The molecule has 0 radical (unpaired) electrons. The molecule has 0 saturated carbocycles. The van der Waals surface area contributed by atoms with Crippen molar-refractivity contribution in [3.05, 3.63) is 36.3 Å². The lowest BCUT2D eigenvalue weighted by Crippen LogP contribution is -2.47. The third-order valence-electron chi connectivity index (χ3n) is 4.85. The molecule has 7 nitrogen and oxygen atoms in total. The molecule has 2 aliphatic rings. The zero-order valence-corrected chi connectivity index (χ0v) is 14.6. The summed E-state index contributed by atoms with van der Waals surface area (Å²) in [6, 6.07) is 6.65. The van der Waals surface area contributed by atoms with Crippen molar-refractivity contribution >= 4 is 17.5 Å². The van der Waals surface area contributed by atoms with E-state index in [2.05, 4.69) is 30.3 Å². The van der Waals surface area contributed by atoms with E-state index in [9.17, 15) is 4.39 Å². The summed E-state index contributed by atoms with van der Waals surface area (Å²) in [5, 5.41) is 11.4. The predicted octanol–water partition coefficient (Wildman–Crippen LogP) is 1.93. The minimum atomic E-state index is -0.206. The summed E-state index contributed by atoms with van der Waals surface area (Å²) in [6.45, 7) is 4.93. The fourth-order valence-corrected chi connectivity index (χ4v) is 3.38. The van der Waals surface area contributed by atoms with E-state index in [1.807, 2.05) is 12.1 Å². The number of nitrogens with one attached hydrogen (secondary N) is 1. The average molecular weight is 358 g/mol. The Morgan fingerprint density at radius 3 is 2.62 bits per heavy atom. The molecular weight excluding hydrogens is 335 g/mol. The van der Waals surface area contributed by atoms with Crippen LogP contribution >= 0.6 is 0 Å². The number of aromatic nitrogens is 3. The molecule has 1 N–H and O–H groups in total. The molecule has 0 spiro atoms. The number of anilines is 3. The second-order valence-corrected chi connectivity index (χ2v) is 6.60. The normalized spacial score (nSPS) is 20.4. The Morgan fingerprint density at radius 1 is 1.12 bits per heavy atom. The van der Waals surface area contributed by atoms with Crippen molar-refractivity contribution in [2.45, 2.75) is 18.9 Å². The smallest absolute Gasteiger partial charge is 0.244 e. The molecular formula is C18H23FN6O. The van der Waals surface area contributed by atoms with Crippen LogP contribution in [0.4, 0.5) is 21.8 Å². The molecule has 2 aliphatic heterocycles. The number of hydrogen-bond donors (Lipinski definition) is 1. The van der Waals surface area contributed by atoms with E-state index >= 15 is 0 Å². The second-order valence-electron chi connectivity index (χ2n) is 6.60. The zero-order chi connectivity index (χ0) is 17.8. The maximum absolute atomic E-state index is 13.1. The fourth-order valence-electron chi connectivity index (χ4n) is 3.38. The van der Waals surface area contributed by atoms with Gasteiger partial charge >= 0.3 is 0 Å². The molecule has 0 amide bonds. The Hall–Kier alpha value is -2.48. The van der Waals surface area contributed by atoms with Gasteiger partial charge in [-0.25, -0.2) is 4.39 Å². The van der Waals surface area contributed by atoms with E-state index in [1.54, 1.807) is 6.20 Å². The summed E-state index contributed by atoms with van der Waals surface area (Å²) < 4.78 is 18.7. The van der Waals surface area contributed by atoms with Crippen LogP contribution in [0.25, 0.3) is 0 Å². The van der Waals surface area contributed by atoms with E-state index < -0.39 is 0 Å². The molecule has 2 fully saturated rings. The Labute approximate surface area is 152 Å². The van der Waals surface area contributed by atoms with Crippen molar-refractivity contribution < 1.29 is 9.13 Å². The minimum Gasteiger partial charge on any atom is -0.376 e. The van der Waals surface area contributed by atoms with Crippen molar-refractivity contribution in [2.24, 2.45) is 0 Å². The maximum atomic E-state index is 13.1. The van der Waals surface area contributed by atoms with Crippen LogP contribution in [0, 0.1) is 5.82 Å². The third kappa shape index (κ3) is 4.01. The van der Waals surface area contributed by atoms with Gasteiger partial charge in [0.15, 0.2) is 5.82 Å². The van der Waals surface area contributed by atoms with Gasteiger partial charge in [0, 0.05) is 45.0 Å². The summed E-state index contributed by atoms with van der Waals surface area (Å²) in [6.07, 6.45) is 4.13. The molecule has 3 heterocycles. The summed E-state index contributed by atoms with van der Waals surface area (Å²) >= 11 is 0. The number of piperazine rings is 1. The predicted molar refractivity (Wildman–Crippen MR) is 98.1 cm³/mol. The van der Waals surface area contributed by atoms with Gasteiger partial charge in [-0.15, -0.1) is 5.10 Å². The van der Waals surface area contributed by atoms with Crippen molar-refractivity contribution in [1.82, 2.24) is 15.2 Å². The topological polar surface area (TPSA) is 66.4 Å². The van der Waals surface area contributed by atoms with Gasteiger partial charge < -0.3 is 19.9 Å². The van der Waals surface area contributed by atoms with Gasteiger partial charge in [-0.2, -0.15) is 10.1 Å². The molecule has 1 aromatic carbocycles. The highest BCUT2D eigenvalue weighted by molar-refractivity contribution is 5.49. The molecule has 1 unspecified atom stereocenters. The van der Waals surface area contributed by atoms with Crippen molar-refractivity contribution in [1.29, 1.82) is 0 Å². The Bertz CT molecular complexity index is 714. The highest BCUT2D eigenvalue weighted by atomic mass is 19.1.